The summed E-state index contributed by atoms with van der Waals surface area (Å²) in [6, 6.07) is 15.0. The highest BCUT2D eigenvalue weighted by Gasteiger charge is 2.23. The van der Waals surface area contributed by atoms with Crippen LogP contribution in [0.5, 0.6) is 5.75 Å². The van der Waals surface area contributed by atoms with E-state index in [2.05, 4.69) is 10.3 Å². The van der Waals surface area contributed by atoms with Crippen molar-refractivity contribution < 1.29 is 17.9 Å². The highest BCUT2D eigenvalue weighted by molar-refractivity contribution is 7.92. The maximum Gasteiger partial charge on any atom is 0.264 e. The predicted octanol–water partition coefficient (Wildman–Crippen LogP) is 4.71. The summed E-state index contributed by atoms with van der Waals surface area (Å²) in [5.41, 5.74) is 1.37. The first-order valence-electron chi connectivity index (χ1n) is 9.83. The van der Waals surface area contributed by atoms with Crippen molar-refractivity contribution in [3.63, 3.8) is 0 Å². The van der Waals surface area contributed by atoms with E-state index in [9.17, 15) is 13.2 Å². The summed E-state index contributed by atoms with van der Waals surface area (Å²) in [5, 5.41) is 3.86. The zero-order valence-electron chi connectivity index (χ0n) is 17.8. The molecule has 0 fully saturated rings. The molecule has 0 aliphatic carbocycles. The number of carbonyl (C=O) groups excluding carboxylic acids is 1. The molecule has 0 radical (unpaired) electrons. The lowest BCUT2D eigenvalue weighted by molar-refractivity contribution is 0.0955. The SMILES string of the molecule is COc1ccc(S(=O)(=O)N(C)c2ccc3sc(C(=O)NCc4cccnc4)cc3c2)cc1Cl. The number of thiophene rings is 1. The molecule has 0 bridgehead atoms. The van der Waals surface area contributed by atoms with Crippen molar-refractivity contribution in [3.8, 4) is 5.75 Å². The Bertz CT molecular complexity index is 1420. The van der Waals surface area contributed by atoms with E-state index in [1.165, 1.54) is 48.0 Å². The quantitative estimate of drug-likeness (QED) is 0.396. The molecule has 7 nitrogen and oxygen atoms in total. The van der Waals surface area contributed by atoms with Crippen LogP contribution in [0.15, 0.2) is 71.9 Å². The molecule has 2 aromatic heterocycles. The number of halogens is 1. The molecule has 1 N–H and O–H groups in total. The van der Waals surface area contributed by atoms with Crippen molar-refractivity contribution in [1.29, 1.82) is 0 Å². The molecular weight excluding hydrogens is 482 g/mol. The molecule has 0 saturated carbocycles. The zero-order valence-corrected chi connectivity index (χ0v) is 20.2. The number of hydrogen-bond acceptors (Lipinski definition) is 6. The topological polar surface area (TPSA) is 88.6 Å². The number of ether oxygens (including phenoxy) is 1. The van der Waals surface area contributed by atoms with Gasteiger partial charge in [-0.1, -0.05) is 17.7 Å². The van der Waals surface area contributed by atoms with E-state index >= 15 is 0 Å². The number of amides is 1. The molecule has 0 unspecified atom stereocenters. The number of methoxy groups -OCH3 is 1. The Morgan fingerprint density at radius 3 is 2.70 bits per heavy atom. The number of hydrogen-bond donors (Lipinski definition) is 1. The van der Waals surface area contributed by atoms with E-state index in [1.807, 2.05) is 12.1 Å². The van der Waals surface area contributed by atoms with Gasteiger partial charge in [0.25, 0.3) is 15.9 Å². The molecule has 4 aromatic rings. The van der Waals surface area contributed by atoms with Crippen LogP contribution in [0.2, 0.25) is 5.02 Å². The average molecular weight is 502 g/mol. The fraction of sp³-hybridized carbons (Fsp3) is 0.130. The van der Waals surface area contributed by atoms with E-state index in [-0.39, 0.29) is 15.8 Å². The molecule has 0 atom stereocenters. The Balaban J connectivity index is 1.56. The average Bonchev–Trinajstić information content (AvgIpc) is 3.26. The number of carbonyl (C=O) groups is 1. The van der Waals surface area contributed by atoms with Gasteiger partial charge in [0.1, 0.15) is 5.75 Å². The van der Waals surface area contributed by atoms with Gasteiger partial charge in [-0.05, 0) is 59.5 Å². The Kier molecular flexibility index (Phi) is 6.55. The molecular formula is C23H20ClN3O4S2. The first-order chi connectivity index (χ1) is 15.8. The third-order valence-corrected chi connectivity index (χ3v) is 8.24. The fourth-order valence-corrected chi connectivity index (χ4v) is 5.71. The second-order valence-corrected chi connectivity index (χ2v) is 10.6. The van der Waals surface area contributed by atoms with E-state index in [1.54, 1.807) is 36.7 Å². The molecule has 1 amide bonds. The molecule has 0 aliphatic rings. The lowest BCUT2D eigenvalue weighted by atomic mass is 10.2. The maximum atomic E-state index is 13.1. The molecule has 4 rings (SSSR count). The number of rotatable bonds is 7. The molecule has 0 spiro atoms. The van der Waals surface area contributed by atoms with Gasteiger partial charge in [-0.2, -0.15) is 0 Å². The van der Waals surface area contributed by atoms with Gasteiger partial charge in [-0.3, -0.25) is 14.1 Å². The second kappa shape index (κ2) is 9.38. The summed E-state index contributed by atoms with van der Waals surface area (Å²) in [6.07, 6.45) is 3.37. The van der Waals surface area contributed by atoms with Crippen LogP contribution >= 0.6 is 22.9 Å². The van der Waals surface area contributed by atoms with Crippen LogP contribution in [0.25, 0.3) is 10.1 Å². The van der Waals surface area contributed by atoms with Gasteiger partial charge in [0.05, 0.1) is 27.6 Å². The summed E-state index contributed by atoms with van der Waals surface area (Å²) in [5.74, 6) is 0.197. The summed E-state index contributed by atoms with van der Waals surface area (Å²) in [6.45, 7) is 0.373. The lowest BCUT2D eigenvalue weighted by Gasteiger charge is -2.20. The molecule has 2 aromatic carbocycles. The molecule has 33 heavy (non-hydrogen) atoms. The summed E-state index contributed by atoms with van der Waals surface area (Å²) >= 11 is 7.46. The van der Waals surface area contributed by atoms with Crippen molar-refractivity contribution in [2.24, 2.45) is 0 Å². The van der Waals surface area contributed by atoms with E-state index in [4.69, 9.17) is 16.3 Å². The van der Waals surface area contributed by atoms with Crippen LogP contribution in [0.4, 0.5) is 5.69 Å². The van der Waals surface area contributed by atoms with Gasteiger partial charge < -0.3 is 10.1 Å². The largest absolute Gasteiger partial charge is 0.495 e. The Morgan fingerprint density at radius 1 is 1.18 bits per heavy atom. The van der Waals surface area contributed by atoms with Crippen LogP contribution in [-0.4, -0.2) is 33.5 Å². The number of nitrogens with zero attached hydrogens (tertiary/aromatic N) is 2. The predicted molar refractivity (Wildman–Crippen MR) is 131 cm³/mol. The highest BCUT2D eigenvalue weighted by Crippen LogP contribution is 2.33. The Hall–Kier alpha value is -3.14. The van der Waals surface area contributed by atoms with Gasteiger partial charge >= 0.3 is 0 Å². The van der Waals surface area contributed by atoms with E-state index in [0.717, 1.165) is 15.6 Å². The van der Waals surface area contributed by atoms with Crippen LogP contribution in [0.1, 0.15) is 15.2 Å². The first kappa shape index (κ1) is 23.0. The number of anilines is 1. The second-order valence-electron chi connectivity index (χ2n) is 7.15. The van der Waals surface area contributed by atoms with Crippen molar-refractivity contribution in [2.45, 2.75) is 11.4 Å². The summed E-state index contributed by atoms with van der Waals surface area (Å²) in [7, 11) is -0.907. The van der Waals surface area contributed by atoms with Crippen molar-refractivity contribution in [1.82, 2.24) is 10.3 Å². The minimum Gasteiger partial charge on any atom is -0.495 e. The van der Waals surface area contributed by atoms with E-state index < -0.39 is 10.0 Å². The van der Waals surface area contributed by atoms with Crippen molar-refractivity contribution in [2.75, 3.05) is 18.5 Å². The number of nitrogens with one attached hydrogen (secondary N) is 1. The normalized spacial score (nSPS) is 11.4. The fourth-order valence-electron chi connectivity index (χ4n) is 3.22. The van der Waals surface area contributed by atoms with Crippen LogP contribution in [-0.2, 0) is 16.6 Å². The third-order valence-electron chi connectivity index (χ3n) is 5.04. The molecule has 0 aliphatic heterocycles. The van der Waals surface area contributed by atoms with Gasteiger partial charge in [0, 0.05) is 30.7 Å². The number of aromatic nitrogens is 1. The number of pyridine rings is 1. The Labute approximate surface area is 200 Å². The number of sulfonamides is 1. The minimum atomic E-state index is -3.85. The zero-order chi connectivity index (χ0) is 23.6. The molecule has 2 heterocycles. The lowest BCUT2D eigenvalue weighted by Crippen LogP contribution is -2.26. The summed E-state index contributed by atoms with van der Waals surface area (Å²) in [4.78, 5) is 17.2. The van der Waals surface area contributed by atoms with E-state index in [0.29, 0.717) is 22.9 Å². The molecule has 10 heteroatoms. The van der Waals surface area contributed by atoms with Gasteiger partial charge in [0.2, 0.25) is 0 Å². The summed E-state index contributed by atoms with van der Waals surface area (Å²) < 4.78 is 33.4. The molecule has 170 valence electrons. The minimum absolute atomic E-state index is 0.0525. The first-order valence-corrected chi connectivity index (χ1v) is 12.5. The number of fused-ring (bicyclic) bond motifs is 1. The maximum absolute atomic E-state index is 13.1. The Morgan fingerprint density at radius 2 is 2.00 bits per heavy atom. The van der Waals surface area contributed by atoms with Crippen LogP contribution in [0.3, 0.4) is 0 Å². The number of benzene rings is 2. The molecule has 0 saturated heterocycles. The smallest absolute Gasteiger partial charge is 0.264 e. The monoisotopic (exact) mass is 501 g/mol. The van der Waals surface area contributed by atoms with Gasteiger partial charge in [-0.15, -0.1) is 11.3 Å². The van der Waals surface area contributed by atoms with Gasteiger partial charge in [0.15, 0.2) is 0 Å². The van der Waals surface area contributed by atoms with Crippen LogP contribution < -0.4 is 14.4 Å². The van der Waals surface area contributed by atoms with Crippen molar-refractivity contribution >= 4 is 54.6 Å². The highest BCUT2D eigenvalue weighted by atomic mass is 35.5. The van der Waals surface area contributed by atoms with Crippen LogP contribution in [0, 0.1) is 0 Å². The standard InChI is InChI=1S/C23H20ClN3O4S2/c1-27(33(29,30)18-6-7-20(31-2)19(24)12-18)17-5-8-21-16(10-17)11-22(32-21)23(28)26-14-15-4-3-9-25-13-15/h3-13H,14H2,1-2H3,(H,26,28). The van der Waals surface area contributed by atoms with Crippen molar-refractivity contribution in [3.05, 3.63) is 82.5 Å². The van der Waals surface area contributed by atoms with Gasteiger partial charge in [-0.25, -0.2) is 8.42 Å². The third kappa shape index (κ3) is 4.80.